The summed E-state index contributed by atoms with van der Waals surface area (Å²) in [5.74, 6) is -0.226. The summed E-state index contributed by atoms with van der Waals surface area (Å²) in [4.78, 5) is 22.3. The van der Waals surface area contributed by atoms with Crippen LogP contribution in [0, 0.1) is 11.6 Å². The number of rotatable bonds is 3. The molecule has 0 spiro atoms. The number of piperidine rings is 1. The van der Waals surface area contributed by atoms with Crippen molar-refractivity contribution >= 4 is 11.7 Å². The number of benzene rings is 1. The molecule has 9 heteroatoms. The van der Waals surface area contributed by atoms with Crippen LogP contribution in [0.3, 0.4) is 0 Å². The van der Waals surface area contributed by atoms with Crippen LogP contribution in [0.15, 0.2) is 47.2 Å². The molecule has 0 radical (unpaired) electrons. The van der Waals surface area contributed by atoms with E-state index in [0.717, 1.165) is 23.8 Å². The summed E-state index contributed by atoms with van der Waals surface area (Å²) >= 11 is 0. The van der Waals surface area contributed by atoms with E-state index in [1.165, 1.54) is 0 Å². The SMILES string of the molecule is O=C(Nc1cc(F)ccc1F)N1CCC(c2nc(-c3ccncc3)no2)CC1. The lowest BCUT2D eigenvalue weighted by Gasteiger charge is -2.30. The van der Waals surface area contributed by atoms with E-state index in [4.69, 9.17) is 4.52 Å². The molecular weight excluding hydrogens is 368 g/mol. The van der Waals surface area contributed by atoms with Gasteiger partial charge in [-0.05, 0) is 37.1 Å². The van der Waals surface area contributed by atoms with Gasteiger partial charge in [-0.2, -0.15) is 4.98 Å². The summed E-state index contributed by atoms with van der Waals surface area (Å²) in [6, 6.07) is 6.07. The fourth-order valence-electron chi connectivity index (χ4n) is 3.14. The zero-order valence-corrected chi connectivity index (χ0v) is 14.8. The molecule has 0 atom stereocenters. The van der Waals surface area contributed by atoms with Gasteiger partial charge in [0.1, 0.15) is 11.6 Å². The molecule has 1 aliphatic rings. The van der Waals surface area contributed by atoms with Crippen LogP contribution in [0.4, 0.5) is 19.3 Å². The number of hydrogen-bond donors (Lipinski definition) is 1. The lowest BCUT2D eigenvalue weighted by atomic mass is 9.97. The van der Waals surface area contributed by atoms with Gasteiger partial charge in [0.15, 0.2) is 0 Å². The molecule has 4 rings (SSSR count). The molecule has 1 saturated heterocycles. The molecule has 0 bridgehead atoms. The van der Waals surface area contributed by atoms with Gasteiger partial charge >= 0.3 is 6.03 Å². The third-order valence-corrected chi connectivity index (χ3v) is 4.68. The predicted molar refractivity (Wildman–Crippen MR) is 96.5 cm³/mol. The molecular formula is C19H17F2N5O2. The van der Waals surface area contributed by atoms with Gasteiger partial charge in [-0.3, -0.25) is 4.98 Å². The number of amides is 2. The first-order valence-corrected chi connectivity index (χ1v) is 8.85. The normalized spacial score (nSPS) is 14.9. The first-order valence-electron chi connectivity index (χ1n) is 8.85. The summed E-state index contributed by atoms with van der Waals surface area (Å²) in [7, 11) is 0. The third-order valence-electron chi connectivity index (χ3n) is 4.68. The van der Waals surface area contributed by atoms with E-state index in [2.05, 4.69) is 20.4 Å². The summed E-state index contributed by atoms with van der Waals surface area (Å²) in [6.07, 6.45) is 4.59. The van der Waals surface area contributed by atoms with E-state index in [-0.39, 0.29) is 11.6 Å². The fourth-order valence-corrected chi connectivity index (χ4v) is 3.14. The number of likely N-dealkylation sites (tertiary alicyclic amines) is 1. The van der Waals surface area contributed by atoms with E-state index in [1.807, 2.05) is 0 Å². The second kappa shape index (κ2) is 7.71. The van der Waals surface area contributed by atoms with Crippen LogP contribution < -0.4 is 5.32 Å². The van der Waals surface area contributed by atoms with Gasteiger partial charge in [0.05, 0.1) is 5.69 Å². The number of aromatic nitrogens is 3. The van der Waals surface area contributed by atoms with Crippen LogP contribution >= 0.6 is 0 Å². The topological polar surface area (TPSA) is 84.2 Å². The highest BCUT2D eigenvalue weighted by molar-refractivity contribution is 5.89. The van der Waals surface area contributed by atoms with Crippen LogP contribution in [0.2, 0.25) is 0 Å². The summed E-state index contributed by atoms with van der Waals surface area (Å²) in [5.41, 5.74) is 0.643. The van der Waals surface area contributed by atoms with Crippen molar-refractivity contribution in [1.82, 2.24) is 20.0 Å². The number of hydrogen-bond acceptors (Lipinski definition) is 5. The molecule has 0 saturated carbocycles. The van der Waals surface area contributed by atoms with E-state index < -0.39 is 17.7 Å². The van der Waals surface area contributed by atoms with Gasteiger partial charge in [-0.1, -0.05) is 5.16 Å². The Morgan fingerprint density at radius 1 is 1.14 bits per heavy atom. The Kier molecular flexibility index (Phi) is 4.96. The molecule has 144 valence electrons. The van der Waals surface area contributed by atoms with Crippen molar-refractivity contribution in [2.45, 2.75) is 18.8 Å². The highest BCUT2D eigenvalue weighted by atomic mass is 19.1. The lowest BCUT2D eigenvalue weighted by molar-refractivity contribution is 0.187. The zero-order chi connectivity index (χ0) is 19.5. The van der Waals surface area contributed by atoms with E-state index in [0.29, 0.717) is 37.6 Å². The van der Waals surface area contributed by atoms with Crippen molar-refractivity contribution in [1.29, 1.82) is 0 Å². The second-order valence-electron chi connectivity index (χ2n) is 6.51. The molecule has 3 aromatic rings. The van der Waals surface area contributed by atoms with Crippen molar-refractivity contribution < 1.29 is 18.1 Å². The Morgan fingerprint density at radius 2 is 1.89 bits per heavy atom. The molecule has 1 aliphatic heterocycles. The maximum atomic E-state index is 13.7. The Balaban J connectivity index is 1.36. The zero-order valence-electron chi connectivity index (χ0n) is 14.8. The van der Waals surface area contributed by atoms with Crippen molar-refractivity contribution in [2.75, 3.05) is 18.4 Å². The van der Waals surface area contributed by atoms with Gasteiger partial charge in [0.2, 0.25) is 11.7 Å². The van der Waals surface area contributed by atoms with Gasteiger partial charge in [0, 0.05) is 43.0 Å². The minimum Gasteiger partial charge on any atom is -0.339 e. The Labute approximate surface area is 159 Å². The molecule has 0 aliphatic carbocycles. The summed E-state index contributed by atoms with van der Waals surface area (Å²) < 4.78 is 32.3. The van der Waals surface area contributed by atoms with Gasteiger partial charge in [-0.15, -0.1) is 0 Å². The number of carbonyl (C=O) groups is 1. The van der Waals surface area contributed by atoms with Crippen LogP contribution in [-0.4, -0.2) is 39.1 Å². The number of anilines is 1. The lowest BCUT2D eigenvalue weighted by Crippen LogP contribution is -2.40. The quantitative estimate of drug-likeness (QED) is 0.741. The fraction of sp³-hybridized carbons (Fsp3) is 0.263. The smallest absolute Gasteiger partial charge is 0.321 e. The Morgan fingerprint density at radius 3 is 2.64 bits per heavy atom. The molecule has 28 heavy (non-hydrogen) atoms. The summed E-state index contributed by atoms with van der Waals surface area (Å²) in [6.45, 7) is 0.890. The second-order valence-corrected chi connectivity index (χ2v) is 6.51. The maximum Gasteiger partial charge on any atom is 0.321 e. The molecule has 0 unspecified atom stereocenters. The molecule has 2 aromatic heterocycles. The third kappa shape index (κ3) is 3.83. The minimum absolute atomic E-state index is 0.0399. The predicted octanol–water partition coefficient (Wildman–Crippen LogP) is 3.82. The first-order chi connectivity index (χ1) is 13.6. The van der Waals surface area contributed by atoms with Crippen molar-refractivity contribution in [3.63, 3.8) is 0 Å². The number of halogens is 2. The average Bonchev–Trinajstić information content (AvgIpc) is 3.22. The van der Waals surface area contributed by atoms with Crippen molar-refractivity contribution in [3.05, 3.63) is 60.3 Å². The van der Waals surface area contributed by atoms with E-state index >= 15 is 0 Å². The monoisotopic (exact) mass is 385 g/mol. The van der Waals surface area contributed by atoms with E-state index in [1.54, 1.807) is 29.4 Å². The molecule has 3 heterocycles. The van der Waals surface area contributed by atoms with Gasteiger partial charge in [0.25, 0.3) is 0 Å². The summed E-state index contributed by atoms with van der Waals surface area (Å²) in [5, 5.41) is 6.42. The van der Waals surface area contributed by atoms with Crippen LogP contribution in [-0.2, 0) is 0 Å². The number of carbonyl (C=O) groups excluding carboxylic acids is 1. The molecule has 1 N–H and O–H groups in total. The highest BCUT2D eigenvalue weighted by Crippen LogP contribution is 2.29. The highest BCUT2D eigenvalue weighted by Gasteiger charge is 2.28. The first kappa shape index (κ1) is 18.0. The molecule has 1 fully saturated rings. The van der Waals surface area contributed by atoms with Gasteiger partial charge in [-0.25, -0.2) is 13.6 Å². The standard InChI is InChI=1S/C19H17F2N5O2/c20-14-1-2-15(21)16(11-14)23-19(27)26-9-5-13(6-10-26)18-24-17(25-28-18)12-3-7-22-8-4-12/h1-4,7-8,11,13H,5-6,9-10H2,(H,23,27). The van der Waals surface area contributed by atoms with Crippen LogP contribution in [0.25, 0.3) is 11.4 Å². The van der Waals surface area contributed by atoms with E-state index in [9.17, 15) is 13.6 Å². The maximum absolute atomic E-state index is 13.7. The number of nitrogens with zero attached hydrogens (tertiary/aromatic N) is 4. The average molecular weight is 385 g/mol. The van der Waals surface area contributed by atoms with Crippen molar-refractivity contribution in [3.8, 4) is 11.4 Å². The Hall–Kier alpha value is -3.36. The Bertz CT molecular complexity index is 971. The molecule has 2 amide bonds. The minimum atomic E-state index is -0.681. The number of nitrogens with one attached hydrogen (secondary N) is 1. The van der Waals surface area contributed by atoms with Crippen LogP contribution in [0.5, 0.6) is 0 Å². The van der Waals surface area contributed by atoms with Crippen LogP contribution in [0.1, 0.15) is 24.7 Å². The molecule has 1 aromatic carbocycles. The number of urea groups is 1. The van der Waals surface area contributed by atoms with Crippen molar-refractivity contribution in [2.24, 2.45) is 0 Å². The largest absolute Gasteiger partial charge is 0.339 e. The van der Waals surface area contributed by atoms with Gasteiger partial charge < -0.3 is 14.7 Å². The number of pyridine rings is 1. The molecule has 7 nitrogen and oxygen atoms in total.